The Morgan fingerprint density at radius 3 is 1.53 bits per heavy atom. The van der Waals surface area contributed by atoms with Crippen molar-refractivity contribution in [3.8, 4) is 34.5 Å². The molecule has 0 aromatic heterocycles. The predicted molar refractivity (Wildman–Crippen MR) is 142 cm³/mol. The molecule has 0 aliphatic rings. The van der Waals surface area contributed by atoms with Gasteiger partial charge in [0, 0.05) is 6.07 Å². The van der Waals surface area contributed by atoms with Crippen molar-refractivity contribution in [3.63, 3.8) is 0 Å². The fourth-order valence-electron chi connectivity index (χ4n) is 4.08. The van der Waals surface area contributed by atoms with Gasteiger partial charge < -0.3 is 24.1 Å². The van der Waals surface area contributed by atoms with Crippen LogP contribution >= 0.6 is 0 Å². The second-order valence-corrected chi connectivity index (χ2v) is 8.58. The number of hydrogen-bond acceptors (Lipinski definition) is 5. The van der Waals surface area contributed by atoms with Crippen molar-refractivity contribution < 1.29 is 24.1 Å². The summed E-state index contributed by atoms with van der Waals surface area (Å²) in [7, 11) is 4.97. The fourth-order valence-corrected chi connectivity index (χ4v) is 4.08. The first kappa shape index (κ1) is 25.0. The summed E-state index contributed by atoms with van der Waals surface area (Å²) >= 11 is 0. The van der Waals surface area contributed by atoms with Gasteiger partial charge in [0.2, 0.25) is 0 Å². The number of hydrogen-bond donors (Lipinski definition) is 1. The first-order valence-corrected chi connectivity index (χ1v) is 12.0. The van der Waals surface area contributed by atoms with Gasteiger partial charge in [-0.1, -0.05) is 36.4 Å². The van der Waals surface area contributed by atoms with Gasteiger partial charge in [-0.15, -0.1) is 0 Å². The first-order chi connectivity index (χ1) is 17.6. The molecular formula is C31H32O5. The monoisotopic (exact) mass is 484 g/mol. The molecule has 4 aromatic carbocycles. The maximum Gasteiger partial charge on any atom is 0.169 e. The third-order valence-corrected chi connectivity index (χ3v) is 6.20. The van der Waals surface area contributed by atoms with E-state index in [0.717, 1.165) is 48.5 Å². The lowest BCUT2D eigenvalue weighted by Crippen LogP contribution is -1.99. The number of benzene rings is 4. The van der Waals surface area contributed by atoms with Gasteiger partial charge in [0.25, 0.3) is 0 Å². The Bertz CT molecular complexity index is 1250. The van der Waals surface area contributed by atoms with Gasteiger partial charge in [-0.05, 0) is 90.4 Å². The molecule has 0 amide bonds. The van der Waals surface area contributed by atoms with Gasteiger partial charge in [0.05, 0.1) is 21.3 Å². The smallest absolute Gasteiger partial charge is 0.169 e. The topological polar surface area (TPSA) is 57.2 Å². The molecule has 0 aliphatic carbocycles. The minimum absolute atomic E-state index is 0.290. The number of aryl methyl sites for hydroxylation is 4. The molecule has 1 N–H and O–H groups in total. The lowest BCUT2D eigenvalue weighted by Gasteiger charge is -2.16. The Morgan fingerprint density at radius 2 is 1.00 bits per heavy atom. The van der Waals surface area contributed by atoms with E-state index in [9.17, 15) is 5.11 Å². The fraction of sp³-hybridized carbons (Fsp3) is 0.226. The van der Waals surface area contributed by atoms with E-state index in [1.807, 2.05) is 48.5 Å². The predicted octanol–water partition coefficient (Wildman–Crippen LogP) is 6.78. The minimum atomic E-state index is 0.290. The number of methoxy groups -OCH3 is 3. The van der Waals surface area contributed by atoms with Crippen molar-refractivity contribution in [2.45, 2.75) is 25.7 Å². The number of aromatic hydroxyl groups is 1. The summed E-state index contributed by atoms with van der Waals surface area (Å²) in [6.07, 6.45) is 3.48. The summed E-state index contributed by atoms with van der Waals surface area (Å²) in [4.78, 5) is 0. The molecule has 0 heterocycles. The van der Waals surface area contributed by atoms with Crippen molar-refractivity contribution >= 4 is 0 Å². The highest BCUT2D eigenvalue weighted by molar-refractivity contribution is 5.52. The van der Waals surface area contributed by atoms with Crippen LogP contribution in [0.15, 0.2) is 84.9 Å². The van der Waals surface area contributed by atoms with Gasteiger partial charge in [0.1, 0.15) is 23.0 Å². The molecule has 0 saturated carbocycles. The van der Waals surface area contributed by atoms with Crippen molar-refractivity contribution in [3.05, 3.63) is 107 Å². The molecule has 0 bridgehead atoms. The molecule has 4 aromatic rings. The Morgan fingerprint density at radius 1 is 0.500 bits per heavy atom. The molecule has 5 nitrogen and oxygen atoms in total. The molecule has 0 spiro atoms. The molecule has 0 unspecified atom stereocenters. The minimum Gasteiger partial charge on any atom is -0.508 e. The Balaban J connectivity index is 1.44. The van der Waals surface area contributed by atoms with E-state index < -0.39 is 0 Å². The average molecular weight is 485 g/mol. The van der Waals surface area contributed by atoms with Crippen molar-refractivity contribution in [1.82, 2.24) is 0 Å². The van der Waals surface area contributed by atoms with E-state index in [1.54, 1.807) is 33.5 Å². The third-order valence-electron chi connectivity index (χ3n) is 6.20. The quantitative estimate of drug-likeness (QED) is 0.254. The molecule has 0 atom stereocenters. The van der Waals surface area contributed by atoms with E-state index in [0.29, 0.717) is 11.5 Å². The molecule has 0 radical (unpaired) electrons. The van der Waals surface area contributed by atoms with Crippen LogP contribution < -0.4 is 18.9 Å². The van der Waals surface area contributed by atoms with Gasteiger partial charge in [-0.2, -0.15) is 0 Å². The summed E-state index contributed by atoms with van der Waals surface area (Å²) in [6, 6.07) is 27.5. The van der Waals surface area contributed by atoms with E-state index >= 15 is 0 Å². The van der Waals surface area contributed by atoms with Crippen LogP contribution in [0.25, 0.3) is 0 Å². The van der Waals surface area contributed by atoms with Crippen LogP contribution in [-0.2, 0) is 25.7 Å². The second-order valence-electron chi connectivity index (χ2n) is 8.58. The largest absolute Gasteiger partial charge is 0.508 e. The van der Waals surface area contributed by atoms with Crippen molar-refractivity contribution in [1.29, 1.82) is 0 Å². The van der Waals surface area contributed by atoms with E-state index in [2.05, 4.69) is 24.3 Å². The van der Waals surface area contributed by atoms with E-state index in [1.165, 1.54) is 16.7 Å². The molecule has 0 aliphatic heterocycles. The van der Waals surface area contributed by atoms with Crippen LogP contribution in [0.4, 0.5) is 0 Å². The van der Waals surface area contributed by atoms with Gasteiger partial charge in [-0.25, -0.2) is 0 Å². The maximum atomic E-state index is 9.44. The summed E-state index contributed by atoms with van der Waals surface area (Å²) in [5.74, 6) is 3.93. The highest BCUT2D eigenvalue weighted by atomic mass is 16.5. The van der Waals surface area contributed by atoms with E-state index in [4.69, 9.17) is 18.9 Å². The Kier molecular flexibility index (Phi) is 8.35. The number of phenols is 1. The van der Waals surface area contributed by atoms with Crippen molar-refractivity contribution in [2.24, 2.45) is 0 Å². The van der Waals surface area contributed by atoms with Crippen LogP contribution in [0, 0.1) is 0 Å². The maximum absolute atomic E-state index is 9.44. The molecule has 36 heavy (non-hydrogen) atoms. The molecular weight excluding hydrogens is 452 g/mol. The lowest BCUT2D eigenvalue weighted by molar-refractivity contribution is 0.366. The standard InChI is InChI=1S/C31H32O5/c1-33-27-16-9-24(10-17-27)6-13-25-20-31(30(35-3)21-29(25)34-2)36-28-18-11-23(12-19-28)5-4-22-7-14-26(32)15-8-22/h7-12,14-21,32H,4-6,13H2,1-3H3. The van der Waals surface area contributed by atoms with Crippen molar-refractivity contribution in [2.75, 3.05) is 21.3 Å². The highest BCUT2D eigenvalue weighted by Crippen LogP contribution is 2.38. The summed E-state index contributed by atoms with van der Waals surface area (Å²) < 4.78 is 22.7. The second kappa shape index (κ2) is 12.0. The number of ether oxygens (including phenoxy) is 4. The lowest BCUT2D eigenvalue weighted by atomic mass is 10.0. The van der Waals surface area contributed by atoms with Crippen LogP contribution in [-0.4, -0.2) is 26.4 Å². The van der Waals surface area contributed by atoms with Gasteiger partial charge in [0.15, 0.2) is 11.5 Å². The summed E-state index contributed by atoms with van der Waals surface area (Å²) in [5, 5.41) is 9.44. The van der Waals surface area contributed by atoms with Crippen LogP contribution in [0.5, 0.6) is 34.5 Å². The van der Waals surface area contributed by atoms with Crippen LogP contribution in [0.3, 0.4) is 0 Å². The molecule has 5 heteroatoms. The number of phenolic OH excluding ortho intramolecular Hbond substituents is 1. The van der Waals surface area contributed by atoms with Gasteiger partial charge >= 0.3 is 0 Å². The zero-order chi connectivity index (χ0) is 25.3. The van der Waals surface area contributed by atoms with Crippen LogP contribution in [0.2, 0.25) is 0 Å². The SMILES string of the molecule is COc1ccc(CCc2cc(Oc3ccc(CCc4ccc(O)cc4)cc3)c(OC)cc2OC)cc1. The zero-order valence-electron chi connectivity index (χ0n) is 21.0. The molecule has 186 valence electrons. The average Bonchev–Trinajstić information content (AvgIpc) is 2.92. The first-order valence-electron chi connectivity index (χ1n) is 12.0. The molecule has 0 fully saturated rings. The van der Waals surface area contributed by atoms with E-state index in [-0.39, 0.29) is 5.75 Å². The zero-order valence-corrected chi connectivity index (χ0v) is 21.0. The van der Waals surface area contributed by atoms with Gasteiger partial charge in [-0.3, -0.25) is 0 Å². The Hall–Kier alpha value is -4.12. The summed E-state index contributed by atoms with van der Waals surface area (Å²) in [6.45, 7) is 0. The molecule has 0 saturated heterocycles. The molecule has 4 rings (SSSR count). The normalized spacial score (nSPS) is 10.6. The highest BCUT2D eigenvalue weighted by Gasteiger charge is 2.14. The van der Waals surface area contributed by atoms with Crippen LogP contribution in [0.1, 0.15) is 22.3 Å². The number of rotatable bonds is 11. The Labute approximate surface area is 212 Å². The third kappa shape index (κ3) is 6.51. The summed E-state index contributed by atoms with van der Waals surface area (Å²) in [5.41, 5.74) is 4.68.